The van der Waals surface area contributed by atoms with Gasteiger partial charge in [0.1, 0.15) is 5.75 Å². The van der Waals surface area contributed by atoms with Crippen molar-refractivity contribution in [3.63, 3.8) is 0 Å². The third-order valence-corrected chi connectivity index (χ3v) is 5.32. The van der Waals surface area contributed by atoms with E-state index in [4.69, 9.17) is 9.15 Å². The van der Waals surface area contributed by atoms with Gasteiger partial charge in [0, 0.05) is 32.1 Å². The first-order chi connectivity index (χ1) is 13.5. The van der Waals surface area contributed by atoms with E-state index in [1.165, 1.54) is 6.39 Å². The highest BCUT2D eigenvalue weighted by Crippen LogP contribution is 2.30. The molecule has 3 rings (SSSR count). The van der Waals surface area contributed by atoms with Crippen LogP contribution >= 0.6 is 0 Å². The molecule has 7 nitrogen and oxygen atoms in total. The molecule has 7 heteroatoms. The summed E-state index contributed by atoms with van der Waals surface area (Å²) in [4.78, 5) is 30.4. The highest BCUT2D eigenvalue weighted by atomic mass is 16.5. The Labute approximate surface area is 165 Å². The third kappa shape index (κ3) is 4.52. The normalized spacial score (nSPS) is 19.1. The Bertz CT molecular complexity index is 805. The summed E-state index contributed by atoms with van der Waals surface area (Å²) in [5, 5.41) is 2.97. The minimum Gasteiger partial charge on any atom is -0.497 e. The van der Waals surface area contributed by atoms with E-state index >= 15 is 0 Å². The van der Waals surface area contributed by atoms with Gasteiger partial charge >= 0.3 is 0 Å². The van der Waals surface area contributed by atoms with Crippen molar-refractivity contribution in [3.05, 3.63) is 36.4 Å². The monoisotopic (exact) mass is 385 g/mol. The summed E-state index contributed by atoms with van der Waals surface area (Å²) in [7, 11) is 5.20. The van der Waals surface area contributed by atoms with Crippen LogP contribution in [0, 0.1) is 11.8 Å². The second kappa shape index (κ2) is 8.91. The maximum atomic E-state index is 12.6. The Morgan fingerprint density at radius 2 is 1.86 bits per heavy atom. The number of carbonyl (C=O) groups is 2. The van der Waals surface area contributed by atoms with Gasteiger partial charge in [0.25, 0.3) is 5.91 Å². The van der Waals surface area contributed by atoms with Gasteiger partial charge in [-0.15, -0.1) is 0 Å². The highest BCUT2D eigenvalue weighted by molar-refractivity contribution is 5.97. The minimum absolute atomic E-state index is 0.110. The Kier molecular flexibility index (Phi) is 6.34. The third-order valence-electron chi connectivity index (χ3n) is 5.32. The molecule has 0 unspecified atom stereocenters. The van der Waals surface area contributed by atoms with Crippen molar-refractivity contribution in [2.75, 3.05) is 27.7 Å². The van der Waals surface area contributed by atoms with Gasteiger partial charge in [-0.3, -0.25) is 9.59 Å². The number of aromatic nitrogens is 1. The summed E-state index contributed by atoms with van der Waals surface area (Å²) in [6, 6.07) is 7.29. The summed E-state index contributed by atoms with van der Waals surface area (Å²) in [6.45, 7) is 0.580. The first-order valence-electron chi connectivity index (χ1n) is 9.57. The van der Waals surface area contributed by atoms with Crippen LogP contribution in [-0.2, 0) is 4.79 Å². The summed E-state index contributed by atoms with van der Waals surface area (Å²) in [5.74, 6) is 1.63. The quantitative estimate of drug-likeness (QED) is 0.826. The Morgan fingerprint density at radius 1 is 1.18 bits per heavy atom. The van der Waals surface area contributed by atoms with Crippen LogP contribution in [0.4, 0.5) is 0 Å². The molecule has 150 valence electrons. The van der Waals surface area contributed by atoms with E-state index in [9.17, 15) is 9.59 Å². The molecule has 0 radical (unpaired) electrons. The predicted octanol–water partition coefficient (Wildman–Crippen LogP) is 2.97. The molecular weight excluding hydrogens is 358 g/mol. The zero-order valence-corrected chi connectivity index (χ0v) is 16.6. The van der Waals surface area contributed by atoms with Gasteiger partial charge < -0.3 is 19.4 Å². The molecule has 0 bridgehead atoms. The minimum atomic E-state index is -0.244. The van der Waals surface area contributed by atoms with E-state index in [1.807, 2.05) is 24.3 Å². The van der Waals surface area contributed by atoms with Crippen LogP contribution in [0.15, 0.2) is 35.1 Å². The van der Waals surface area contributed by atoms with Gasteiger partial charge in [0.2, 0.25) is 5.91 Å². The van der Waals surface area contributed by atoms with E-state index in [0.717, 1.165) is 37.0 Å². The zero-order valence-electron chi connectivity index (χ0n) is 16.6. The van der Waals surface area contributed by atoms with Crippen molar-refractivity contribution >= 4 is 11.8 Å². The number of rotatable bonds is 6. The molecule has 0 atom stereocenters. The number of amides is 2. The first-order valence-corrected chi connectivity index (χ1v) is 9.57. The number of methoxy groups -OCH3 is 1. The average molecular weight is 385 g/mol. The van der Waals surface area contributed by atoms with Crippen molar-refractivity contribution in [1.29, 1.82) is 0 Å². The Morgan fingerprint density at radius 3 is 2.46 bits per heavy atom. The van der Waals surface area contributed by atoms with Crippen molar-refractivity contribution in [1.82, 2.24) is 15.2 Å². The number of hydrogen-bond acceptors (Lipinski definition) is 5. The standard InChI is InChI=1S/C21H27N3O4/c1-24(2)21(26)16-6-4-14(5-7-16)12-22-20(25)18-19(28-13-23-18)15-8-10-17(27-3)11-9-15/h8-11,13-14,16H,4-7,12H2,1-3H3,(H,22,25). The number of benzene rings is 1. The SMILES string of the molecule is COc1ccc(-c2ocnc2C(=O)NCC2CCC(C(=O)N(C)C)CC2)cc1. The zero-order chi connectivity index (χ0) is 20.1. The number of oxazole rings is 1. The lowest BCUT2D eigenvalue weighted by Crippen LogP contribution is -2.35. The van der Waals surface area contributed by atoms with Gasteiger partial charge in [0.15, 0.2) is 17.8 Å². The molecular formula is C21H27N3O4. The van der Waals surface area contributed by atoms with Gasteiger partial charge in [0.05, 0.1) is 7.11 Å². The molecule has 1 N–H and O–H groups in total. The fourth-order valence-corrected chi connectivity index (χ4v) is 3.65. The predicted molar refractivity (Wildman–Crippen MR) is 105 cm³/mol. The van der Waals surface area contributed by atoms with Crippen molar-refractivity contribution in [2.45, 2.75) is 25.7 Å². The fraction of sp³-hybridized carbons (Fsp3) is 0.476. The van der Waals surface area contributed by atoms with Crippen molar-refractivity contribution < 1.29 is 18.7 Å². The second-order valence-electron chi connectivity index (χ2n) is 7.42. The Balaban J connectivity index is 1.55. The number of ether oxygens (including phenoxy) is 1. The summed E-state index contributed by atoms with van der Waals surface area (Å²) < 4.78 is 10.6. The molecule has 1 fully saturated rings. The molecule has 0 saturated heterocycles. The van der Waals surface area contributed by atoms with Gasteiger partial charge in [-0.25, -0.2) is 4.98 Å². The van der Waals surface area contributed by atoms with E-state index in [2.05, 4.69) is 10.3 Å². The smallest absolute Gasteiger partial charge is 0.273 e. The second-order valence-corrected chi connectivity index (χ2v) is 7.42. The van der Waals surface area contributed by atoms with Crippen LogP contribution in [0.2, 0.25) is 0 Å². The summed E-state index contributed by atoms with van der Waals surface area (Å²) in [5.41, 5.74) is 1.05. The van der Waals surface area contributed by atoms with Crippen LogP contribution in [0.1, 0.15) is 36.2 Å². The molecule has 1 aromatic carbocycles. The average Bonchev–Trinajstić information content (AvgIpc) is 3.22. The fourth-order valence-electron chi connectivity index (χ4n) is 3.65. The van der Waals surface area contributed by atoms with Crippen LogP contribution in [0.5, 0.6) is 5.75 Å². The maximum absolute atomic E-state index is 12.6. The van der Waals surface area contributed by atoms with E-state index in [-0.39, 0.29) is 23.4 Å². The summed E-state index contributed by atoms with van der Waals surface area (Å²) >= 11 is 0. The van der Waals surface area contributed by atoms with Crippen LogP contribution in [0.3, 0.4) is 0 Å². The summed E-state index contributed by atoms with van der Waals surface area (Å²) in [6.07, 6.45) is 4.91. The van der Waals surface area contributed by atoms with Crippen molar-refractivity contribution in [2.24, 2.45) is 11.8 Å². The molecule has 0 spiro atoms. The first kappa shape index (κ1) is 19.9. The molecule has 1 aliphatic rings. The highest BCUT2D eigenvalue weighted by Gasteiger charge is 2.28. The lowest BCUT2D eigenvalue weighted by Gasteiger charge is -2.29. The van der Waals surface area contributed by atoms with Crippen molar-refractivity contribution in [3.8, 4) is 17.1 Å². The lowest BCUT2D eigenvalue weighted by molar-refractivity contribution is -0.134. The largest absolute Gasteiger partial charge is 0.497 e. The topological polar surface area (TPSA) is 84.7 Å². The van der Waals surface area contributed by atoms with Crippen LogP contribution < -0.4 is 10.1 Å². The van der Waals surface area contributed by atoms with Crippen LogP contribution in [-0.4, -0.2) is 49.4 Å². The van der Waals surface area contributed by atoms with E-state index in [0.29, 0.717) is 18.2 Å². The van der Waals surface area contributed by atoms with Crippen LogP contribution in [0.25, 0.3) is 11.3 Å². The molecule has 0 aliphatic heterocycles. The molecule has 1 aliphatic carbocycles. The van der Waals surface area contributed by atoms with Gasteiger partial charge in [-0.2, -0.15) is 0 Å². The number of nitrogens with one attached hydrogen (secondary N) is 1. The molecule has 2 amide bonds. The molecule has 1 aromatic heterocycles. The Hall–Kier alpha value is -2.83. The van der Waals surface area contributed by atoms with E-state index < -0.39 is 0 Å². The maximum Gasteiger partial charge on any atom is 0.273 e. The van der Waals surface area contributed by atoms with E-state index in [1.54, 1.807) is 26.1 Å². The lowest BCUT2D eigenvalue weighted by atomic mass is 9.81. The van der Waals surface area contributed by atoms with Gasteiger partial charge in [-0.1, -0.05) is 0 Å². The molecule has 1 heterocycles. The number of carbonyl (C=O) groups excluding carboxylic acids is 2. The number of hydrogen-bond donors (Lipinski definition) is 1. The van der Waals surface area contributed by atoms with Gasteiger partial charge in [-0.05, 0) is 55.9 Å². The molecule has 2 aromatic rings. The molecule has 28 heavy (non-hydrogen) atoms. The molecule has 1 saturated carbocycles. The number of nitrogens with zero attached hydrogens (tertiary/aromatic N) is 2.